The van der Waals surface area contributed by atoms with E-state index in [1.54, 1.807) is 0 Å². The third-order valence-electron chi connectivity index (χ3n) is 3.30. The lowest BCUT2D eigenvalue weighted by molar-refractivity contribution is 0.311. The van der Waals surface area contributed by atoms with Gasteiger partial charge in [0.25, 0.3) is 0 Å². The van der Waals surface area contributed by atoms with Gasteiger partial charge in [-0.3, -0.25) is 0 Å². The van der Waals surface area contributed by atoms with Crippen molar-refractivity contribution >= 4 is 28.2 Å². The van der Waals surface area contributed by atoms with Gasteiger partial charge < -0.3 is 26.4 Å². The maximum Gasteiger partial charge on any atom is 0.151 e. The van der Waals surface area contributed by atoms with E-state index in [0.29, 0.717) is 12.4 Å². The molecular weight excluding hydrogens is 268 g/mol. The number of hydrogen-bond acceptors (Lipinski definition) is 5. The molecule has 0 spiro atoms. The monoisotopic (exact) mass is 284 g/mol. The minimum Gasteiger partial charge on any atom is -0.395 e. The molecule has 0 radical (unpaired) electrons. The molecule has 0 unspecified atom stereocenters. The van der Waals surface area contributed by atoms with E-state index in [-0.39, 0.29) is 12.4 Å². The number of hydrogen-bond donors (Lipinski definition) is 4. The summed E-state index contributed by atoms with van der Waals surface area (Å²) in [7, 11) is 0. The van der Waals surface area contributed by atoms with E-state index in [2.05, 4.69) is 15.4 Å². The molecule has 2 aromatic heterocycles. The SMILES string of the molecule is N/N=C(\N)c1ccc2c(c1)nc(NCCO)c1cccn12. The quantitative estimate of drug-likeness (QED) is 0.241. The van der Waals surface area contributed by atoms with Crippen molar-refractivity contribution in [3.05, 3.63) is 42.1 Å². The van der Waals surface area contributed by atoms with Crippen LogP contribution in [0.5, 0.6) is 0 Å². The third-order valence-corrected chi connectivity index (χ3v) is 3.30. The first-order chi connectivity index (χ1) is 10.2. The maximum atomic E-state index is 8.97. The van der Waals surface area contributed by atoms with Gasteiger partial charge >= 0.3 is 0 Å². The van der Waals surface area contributed by atoms with Gasteiger partial charge in [-0.05, 0) is 30.3 Å². The van der Waals surface area contributed by atoms with Gasteiger partial charge in [0.15, 0.2) is 5.82 Å². The zero-order valence-electron chi connectivity index (χ0n) is 11.3. The van der Waals surface area contributed by atoms with E-state index < -0.39 is 0 Å². The summed E-state index contributed by atoms with van der Waals surface area (Å²) in [5.74, 6) is 6.19. The number of aliphatic hydroxyl groups is 1. The number of nitrogens with one attached hydrogen (secondary N) is 1. The highest BCUT2D eigenvalue weighted by atomic mass is 16.3. The predicted octanol–water partition coefficient (Wildman–Crippen LogP) is 0.471. The highest BCUT2D eigenvalue weighted by Crippen LogP contribution is 2.23. The molecule has 0 saturated heterocycles. The number of aromatic nitrogens is 2. The molecule has 0 fully saturated rings. The molecule has 6 N–H and O–H groups in total. The fraction of sp³-hybridized carbons (Fsp3) is 0.143. The highest BCUT2D eigenvalue weighted by molar-refractivity contribution is 6.00. The molecule has 3 rings (SSSR count). The maximum absolute atomic E-state index is 8.97. The topological polar surface area (TPSA) is 114 Å². The normalized spacial score (nSPS) is 12.1. The van der Waals surface area contributed by atoms with Crippen molar-refractivity contribution in [2.45, 2.75) is 0 Å². The van der Waals surface area contributed by atoms with Crippen LogP contribution in [0.2, 0.25) is 0 Å². The van der Waals surface area contributed by atoms with Gasteiger partial charge in [-0.15, -0.1) is 0 Å². The van der Waals surface area contributed by atoms with Crippen LogP contribution < -0.4 is 16.9 Å². The average molecular weight is 284 g/mol. The molecule has 2 heterocycles. The van der Waals surface area contributed by atoms with Gasteiger partial charge in [-0.2, -0.15) is 5.10 Å². The zero-order valence-corrected chi connectivity index (χ0v) is 11.3. The van der Waals surface area contributed by atoms with Gasteiger partial charge in [0.2, 0.25) is 0 Å². The lowest BCUT2D eigenvalue weighted by atomic mass is 10.1. The third kappa shape index (κ3) is 2.23. The summed E-state index contributed by atoms with van der Waals surface area (Å²) in [6, 6.07) is 9.54. The fourth-order valence-electron chi connectivity index (χ4n) is 2.32. The Bertz CT molecular complexity index is 823. The Hall–Kier alpha value is -2.80. The van der Waals surface area contributed by atoms with Crippen molar-refractivity contribution in [3.63, 3.8) is 0 Å². The standard InChI is InChI=1S/C14H16N6O/c15-13(19-16)9-3-4-11-10(8-9)18-14(17-5-7-21)12-2-1-6-20(11)12/h1-4,6,8,21H,5,7,16H2,(H2,15,19)(H,17,18). The van der Waals surface area contributed by atoms with Crippen molar-refractivity contribution in [2.24, 2.45) is 16.7 Å². The lowest BCUT2D eigenvalue weighted by Gasteiger charge is -2.10. The van der Waals surface area contributed by atoms with Crippen LogP contribution in [0.25, 0.3) is 16.6 Å². The van der Waals surface area contributed by atoms with E-state index in [4.69, 9.17) is 16.7 Å². The molecule has 0 aliphatic carbocycles. The van der Waals surface area contributed by atoms with Crippen molar-refractivity contribution in [3.8, 4) is 0 Å². The number of aliphatic hydroxyl groups excluding tert-OH is 1. The van der Waals surface area contributed by atoms with E-state index >= 15 is 0 Å². The number of fused-ring (bicyclic) bond motifs is 3. The van der Waals surface area contributed by atoms with Crippen molar-refractivity contribution in [2.75, 3.05) is 18.5 Å². The highest BCUT2D eigenvalue weighted by Gasteiger charge is 2.09. The second-order valence-electron chi connectivity index (χ2n) is 4.59. The van der Waals surface area contributed by atoms with Crippen LogP contribution in [-0.2, 0) is 0 Å². The van der Waals surface area contributed by atoms with Gasteiger partial charge in [0.05, 0.1) is 23.2 Å². The molecule has 7 heteroatoms. The Morgan fingerprint density at radius 1 is 1.33 bits per heavy atom. The predicted molar refractivity (Wildman–Crippen MR) is 83.2 cm³/mol. The molecule has 108 valence electrons. The van der Waals surface area contributed by atoms with Gasteiger partial charge in [0, 0.05) is 18.3 Å². The van der Waals surface area contributed by atoms with Gasteiger partial charge in [-0.1, -0.05) is 0 Å². The summed E-state index contributed by atoms with van der Waals surface area (Å²) >= 11 is 0. The molecule has 0 atom stereocenters. The largest absolute Gasteiger partial charge is 0.395 e. The molecule has 0 aliphatic heterocycles. The summed E-state index contributed by atoms with van der Waals surface area (Å²) < 4.78 is 2.03. The van der Waals surface area contributed by atoms with E-state index in [1.165, 1.54) is 0 Å². The Morgan fingerprint density at radius 3 is 2.95 bits per heavy atom. The number of nitrogens with zero attached hydrogens (tertiary/aromatic N) is 3. The summed E-state index contributed by atoms with van der Waals surface area (Å²) in [5, 5.41) is 15.6. The molecule has 0 bridgehead atoms. The van der Waals surface area contributed by atoms with Crippen LogP contribution in [0.15, 0.2) is 41.6 Å². The Kier molecular flexibility index (Phi) is 3.33. The van der Waals surface area contributed by atoms with E-state index in [0.717, 1.165) is 22.1 Å². The summed E-state index contributed by atoms with van der Waals surface area (Å²) in [6.07, 6.45) is 1.96. The molecule has 21 heavy (non-hydrogen) atoms. The van der Waals surface area contributed by atoms with Crippen LogP contribution in [-0.4, -0.2) is 33.5 Å². The molecule has 3 aromatic rings. The number of benzene rings is 1. The van der Waals surface area contributed by atoms with Crippen LogP contribution in [0.1, 0.15) is 5.56 Å². The minimum absolute atomic E-state index is 0.0411. The molecule has 0 aliphatic rings. The van der Waals surface area contributed by atoms with Crippen molar-refractivity contribution < 1.29 is 5.11 Å². The smallest absolute Gasteiger partial charge is 0.151 e. The Labute approximate surface area is 120 Å². The summed E-state index contributed by atoms with van der Waals surface area (Å²) in [6.45, 7) is 0.477. The number of rotatable bonds is 4. The van der Waals surface area contributed by atoms with Gasteiger partial charge in [-0.25, -0.2) is 4.98 Å². The van der Waals surface area contributed by atoms with Crippen LogP contribution >= 0.6 is 0 Å². The number of hydrazone groups is 1. The Morgan fingerprint density at radius 2 is 2.19 bits per heavy atom. The molecule has 7 nitrogen and oxygen atoms in total. The second kappa shape index (κ2) is 5.29. The molecular formula is C14H16N6O. The Balaban J connectivity index is 2.23. The van der Waals surface area contributed by atoms with Crippen LogP contribution in [0.4, 0.5) is 5.82 Å². The first kappa shape index (κ1) is 13.2. The van der Waals surface area contributed by atoms with Gasteiger partial charge in [0.1, 0.15) is 5.84 Å². The van der Waals surface area contributed by atoms with E-state index in [9.17, 15) is 0 Å². The number of nitrogens with two attached hydrogens (primary N) is 2. The fourth-order valence-corrected chi connectivity index (χ4v) is 2.32. The van der Waals surface area contributed by atoms with Crippen LogP contribution in [0.3, 0.4) is 0 Å². The first-order valence-corrected chi connectivity index (χ1v) is 6.54. The first-order valence-electron chi connectivity index (χ1n) is 6.54. The minimum atomic E-state index is 0.0411. The molecule has 1 aromatic carbocycles. The number of anilines is 1. The lowest BCUT2D eigenvalue weighted by Crippen LogP contribution is -2.15. The summed E-state index contributed by atoms with van der Waals surface area (Å²) in [4.78, 5) is 4.60. The molecule has 0 amide bonds. The molecule has 0 saturated carbocycles. The second-order valence-corrected chi connectivity index (χ2v) is 4.59. The number of amidine groups is 1. The van der Waals surface area contributed by atoms with Crippen molar-refractivity contribution in [1.82, 2.24) is 9.38 Å². The van der Waals surface area contributed by atoms with Crippen molar-refractivity contribution in [1.29, 1.82) is 0 Å². The average Bonchev–Trinajstić information content (AvgIpc) is 3.01. The van der Waals surface area contributed by atoms with Crippen LogP contribution in [0, 0.1) is 0 Å². The van der Waals surface area contributed by atoms with E-state index in [1.807, 2.05) is 40.9 Å². The zero-order chi connectivity index (χ0) is 14.8. The summed E-state index contributed by atoms with van der Waals surface area (Å²) in [5.41, 5.74) is 9.13.